The van der Waals surface area contributed by atoms with Crippen molar-refractivity contribution in [1.29, 1.82) is 0 Å². The highest BCUT2D eigenvalue weighted by Gasteiger charge is 2.28. The highest BCUT2D eigenvalue weighted by atomic mass is 16.2. The lowest BCUT2D eigenvalue weighted by Crippen LogP contribution is -2.42. The van der Waals surface area contributed by atoms with Crippen LogP contribution in [-0.2, 0) is 9.59 Å². The number of piperidine rings is 1. The number of carbonyl (C=O) groups excluding carboxylic acids is 2. The Balaban J connectivity index is 1.88. The second-order valence-electron chi connectivity index (χ2n) is 5.22. The smallest absolute Gasteiger partial charge is 0.295 e. The van der Waals surface area contributed by atoms with Crippen molar-refractivity contribution < 1.29 is 9.59 Å². The maximum Gasteiger partial charge on any atom is 0.295 e. The topological polar surface area (TPSA) is 66.1 Å². The molecule has 0 aliphatic carbocycles. The molecule has 1 saturated heterocycles. The number of aromatic amines is 1. The average molecular weight is 279 g/mol. The summed E-state index contributed by atoms with van der Waals surface area (Å²) in [6, 6.07) is 11.6. The number of amides is 1. The molecule has 5 heteroatoms. The lowest BCUT2D eigenvalue weighted by Gasteiger charge is -2.24. The maximum atomic E-state index is 12.0. The van der Waals surface area contributed by atoms with Gasteiger partial charge < -0.3 is 4.98 Å². The number of pyridine rings is 1. The zero-order valence-electron chi connectivity index (χ0n) is 11.3. The van der Waals surface area contributed by atoms with Crippen molar-refractivity contribution in [3.8, 4) is 0 Å². The number of ketones is 1. The van der Waals surface area contributed by atoms with Gasteiger partial charge in [0.2, 0.25) is 5.78 Å². The Kier molecular flexibility index (Phi) is 2.54. The summed E-state index contributed by atoms with van der Waals surface area (Å²) in [6.07, 6.45) is 1.03. The average Bonchev–Trinajstić information content (AvgIpc) is 2.88. The van der Waals surface area contributed by atoms with Crippen LogP contribution in [0.5, 0.6) is 0 Å². The first kappa shape index (κ1) is 12.1. The largest absolute Gasteiger partial charge is 0.353 e. The molecule has 1 amide bonds. The molecule has 0 saturated carbocycles. The number of nitrogens with one attached hydrogen (secondary N) is 1. The van der Waals surface area contributed by atoms with Crippen LogP contribution in [0.3, 0.4) is 0 Å². The van der Waals surface area contributed by atoms with Gasteiger partial charge in [0.1, 0.15) is 5.82 Å². The molecule has 3 aromatic rings. The molecule has 104 valence electrons. The van der Waals surface area contributed by atoms with Gasteiger partial charge in [-0.2, -0.15) is 0 Å². The highest BCUT2D eigenvalue weighted by molar-refractivity contribution is 6.41. The van der Waals surface area contributed by atoms with Crippen LogP contribution in [0.1, 0.15) is 12.8 Å². The molecule has 0 spiro atoms. The summed E-state index contributed by atoms with van der Waals surface area (Å²) in [5, 5.41) is 1.02. The van der Waals surface area contributed by atoms with E-state index in [1.54, 1.807) is 6.07 Å². The van der Waals surface area contributed by atoms with Crippen LogP contribution in [0.15, 0.2) is 36.4 Å². The predicted molar refractivity (Wildman–Crippen MR) is 80.2 cm³/mol. The number of carbonyl (C=O) groups is 2. The number of nitrogens with zero attached hydrogens (tertiary/aromatic N) is 2. The van der Waals surface area contributed by atoms with E-state index in [4.69, 9.17) is 0 Å². The molecule has 0 atom stereocenters. The SMILES string of the molecule is O=C1CCCN(c2ccc3[nH]c4ccccc4c3n2)C1=O. The molecule has 5 nitrogen and oxygen atoms in total. The Labute approximate surface area is 120 Å². The van der Waals surface area contributed by atoms with E-state index in [2.05, 4.69) is 9.97 Å². The first-order valence-corrected chi connectivity index (χ1v) is 6.96. The van der Waals surface area contributed by atoms with Crippen LogP contribution in [0, 0.1) is 0 Å². The Morgan fingerprint density at radius 2 is 1.90 bits per heavy atom. The third kappa shape index (κ3) is 1.81. The second kappa shape index (κ2) is 4.41. The van der Waals surface area contributed by atoms with E-state index in [-0.39, 0.29) is 5.78 Å². The van der Waals surface area contributed by atoms with Gasteiger partial charge in [0.15, 0.2) is 0 Å². The van der Waals surface area contributed by atoms with Crippen molar-refractivity contribution in [2.75, 3.05) is 11.4 Å². The molecule has 2 aromatic heterocycles. The fraction of sp³-hybridized carbons (Fsp3) is 0.188. The Morgan fingerprint density at radius 1 is 1.05 bits per heavy atom. The van der Waals surface area contributed by atoms with Crippen molar-refractivity contribution in [3.05, 3.63) is 36.4 Å². The summed E-state index contributed by atoms with van der Waals surface area (Å²) in [4.78, 5) is 32.9. The number of benzene rings is 1. The first-order valence-electron chi connectivity index (χ1n) is 6.96. The van der Waals surface area contributed by atoms with Crippen molar-refractivity contribution in [3.63, 3.8) is 0 Å². The first-order chi connectivity index (χ1) is 10.2. The van der Waals surface area contributed by atoms with Crippen LogP contribution < -0.4 is 4.90 Å². The zero-order valence-corrected chi connectivity index (χ0v) is 11.3. The highest BCUT2D eigenvalue weighted by Crippen LogP contribution is 2.26. The molecule has 3 heterocycles. The van der Waals surface area contributed by atoms with Crippen molar-refractivity contribution in [2.24, 2.45) is 0 Å². The van der Waals surface area contributed by atoms with E-state index in [1.165, 1.54) is 4.90 Å². The van der Waals surface area contributed by atoms with Crippen LogP contribution in [0.2, 0.25) is 0 Å². The van der Waals surface area contributed by atoms with Gasteiger partial charge in [0.25, 0.3) is 5.91 Å². The van der Waals surface area contributed by atoms with E-state index >= 15 is 0 Å². The Hall–Kier alpha value is -2.69. The normalized spacial score (nSPS) is 16.1. The molecular formula is C16H13N3O2. The van der Waals surface area contributed by atoms with Crippen LogP contribution in [-0.4, -0.2) is 28.2 Å². The summed E-state index contributed by atoms with van der Waals surface area (Å²) in [5.41, 5.74) is 2.77. The molecule has 1 fully saturated rings. The quantitative estimate of drug-likeness (QED) is 0.696. The van der Waals surface area contributed by atoms with Gasteiger partial charge in [0.05, 0.1) is 11.0 Å². The number of hydrogen-bond donors (Lipinski definition) is 1. The van der Waals surface area contributed by atoms with Gasteiger partial charge >= 0.3 is 0 Å². The van der Waals surface area contributed by atoms with E-state index in [0.29, 0.717) is 25.2 Å². The van der Waals surface area contributed by atoms with Gasteiger partial charge in [-0.15, -0.1) is 0 Å². The maximum absolute atomic E-state index is 12.0. The molecule has 21 heavy (non-hydrogen) atoms. The zero-order chi connectivity index (χ0) is 14.4. The number of hydrogen-bond acceptors (Lipinski definition) is 3. The van der Waals surface area contributed by atoms with Gasteiger partial charge in [-0.3, -0.25) is 14.5 Å². The second-order valence-corrected chi connectivity index (χ2v) is 5.22. The van der Waals surface area contributed by atoms with Gasteiger partial charge in [-0.25, -0.2) is 4.98 Å². The molecule has 1 N–H and O–H groups in total. The molecule has 0 bridgehead atoms. The Bertz CT molecular complexity index is 881. The summed E-state index contributed by atoms with van der Waals surface area (Å²) in [6.45, 7) is 0.547. The van der Waals surface area contributed by atoms with Gasteiger partial charge in [0, 0.05) is 23.9 Å². The monoisotopic (exact) mass is 279 g/mol. The van der Waals surface area contributed by atoms with Gasteiger partial charge in [-0.1, -0.05) is 18.2 Å². The fourth-order valence-corrected chi connectivity index (χ4v) is 2.82. The number of rotatable bonds is 1. The number of Topliss-reactive ketones (excluding diaryl/α,β-unsaturated/α-hetero) is 1. The molecule has 1 aromatic carbocycles. The Morgan fingerprint density at radius 3 is 2.81 bits per heavy atom. The summed E-state index contributed by atoms with van der Waals surface area (Å²) in [7, 11) is 0. The van der Waals surface area contributed by atoms with Crippen LogP contribution in [0.25, 0.3) is 21.9 Å². The lowest BCUT2D eigenvalue weighted by molar-refractivity contribution is -0.137. The summed E-state index contributed by atoms with van der Waals surface area (Å²) < 4.78 is 0. The van der Waals surface area contributed by atoms with E-state index in [9.17, 15) is 9.59 Å². The predicted octanol–water partition coefficient (Wildman–Crippen LogP) is 2.41. The molecular weight excluding hydrogens is 266 g/mol. The van der Waals surface area contributed by atoms with E-state index in [1.807, 2.05) is 30.3 Å². The van der Waals surface area contributed by atoms with Crippen molar-refractivity contribution in [2.45, 2.75) is 12.8 Å². The number of aromatic nitrogens is 2. The number of para-hydroxylation sites is 1. The molecule has 0 unspecified atom stereocenters. The molecule has 1 aliphatic heterocycles. The summed E-state index contributed by atoms with van der Waals surface area (Å²) >= 11 is 0. The van der Waals surface area contributed by atoms with E-state index < -0.39 is 5.91 Å². The standard InChI is InChI=1S/C16H13N3O2/c20-13-6-3-9-19(16(13)21)14-8-7-12-15(18-14)10-4-1-2-5-11(10)17-12/h1-2,4-5,7-8,17H,3,6,9H2. The molecule has 1 aliphatic rings. The third-order valence-corrected chi connectivity index (χ3v) is 3.88. The van der Waals surface area contributed by atoms with E-state index in [0.717, 1.165) is 21.9 Å². The number of fused-ring (bicyclic) bond motifs is 3. The van der Waals surface area contributed by atoms with Gasteiger partial charge in [-0.05, 0) is 24.6 Å². The third-order valence-electron chi connectivity index (χ3n) is 3.88. The van der Waals surface area contributed by atoms with Crippen molar-refractivity contribution in [1.82, 2.24) is 9.97 Å². The molecule has 4 rings (SSSR count). The minimum Gasteiger partial charge on any atom is -0.353 e. The minimum atomic E-state index is -0.451. The van der Waals surface area contributed by atoms with Crippen LogP contribution >= 0.6 is 0 Å². The lowest BCUT2D eigenvalue weighted by atomic mass is 10.1. The molecule has 0 radical (unpaired) electrons. The minimum absolute atomic E-state index is 0.331. The number of H-pyrrole nitrogens is 1. The van der Waals surface area contributed by atoms with Crippen LogP contribution in [0.4, 0.5) is 5.82 Å². The summed E-state index contributed by atoms with van der Waals surface area (Å²) in [5.74, 6) is -0.236. The fourth-order valence-electron chi connectivity index (χ4n) is 2.82. The van der Waals surface area contributed by atoms with Crippen molar-refractivity contribution >= 4 is 39.4 Å². The number of anilines is 1.